The van der Waals surface area contributed by atoms with E-state index >= 15 is 0 Å². The zero-order valence-electron chi connectivity index (χ0n) is 18.8. The predicted octanol–water partition coefficient (Wildman–Crippen LogP) is 7.92. The quantitative estimate of drug-likeness (QED) is 0.405. The Labute approximate surface area is 178 Å². The maximum absolute atomic E-state index is 4.48. The number of aryl methyl sites for hydroxylation is 2. The topological polar surface area (TPSA) is 0 Å². The van der Waals surface area contributed by atoms with E-state index in [2.05, 4.69) is 83.3 Å². The summed E-state index contributed by atoms with van der Waals surface area (Å²) in [7, 11) is 0. The van der Waals surface area contributed by atoms with E-state index in [4.69, 9.17) is 0 Å². The first-order valence-electron chi connectivity index (χ1n) is 11.1. The second-order valence-electron chi connectivity index (χ2n) is 9.16. The molecular weight excluding hydrogens is 348 g/mol. The highest BCUT2D eigenvalue weighted by molar-refractivity contribution is 5.69. The molecular formula is C29H36. The Balaban J connectivity index is 1.89. The minimum Gasteiger partial charge on any atom is -0.103 e. The molecule has 3 rings (SSSR count). The third kappa shape index (κ3) is 4.81. The van der Waals surface area contributed by atoms with E-state index in [-0.39, 0.29) is 5.41 Å². The number of hydrogen-bond donors (Lipinski definition) is 0. The Hall–Kier alpha value is -2.34. The summed E-state index contributed by atoms with van der Waals surface area (Å²) in [5.74, 6) is 0. The fraction of sp³-hybridized carbons (Fsp3) is 0.379. The highest BCUT2D eigenvalue weighted by Crippen LogP contribution is 2.37. The maximum atomic E-state index is 4.48. The van der Waals surface area contributed by atoms with Crippen molar-refractivity contribution in [3.8, 4) is 0 Å². The molecule has 0 atom stereocenters. The van der Waals surface area contributed by atoms with Gasteiger partial charge in [0.05, 0.1) is 0 Å². The van der Waals surface area contributed by atoms with Crippen molar-refractivity contribution in [3.05, 3.63) is 94.6 Å². The molecule has 2 aromatic carbocycles. The van der Waals surface area contributed by atoms with E-state index in [0.717, 1.165) is 38.5 Å². The Kier molecular flexibility index (Phi) is 6.63. The molecule has 0 heterocycles. The van der Waals surface area contributed by atoms with Crippen LogP contribution in [0.1, 0.15) is 72.6 Å². The van der Waals surface area contributed by atoms with Crippen LogP contribution >= 0.6 is 0 Å². The first-order valence-corrected chi connectivity index (χ1v) is 11.1. The lowest BCUT2D eigenvalue weighted by Crippen LogP contribution is -2.18. The molecule has 29 heavy (non-hydrogen) atoms. The summed E-state index contributed by atoms with van der Waals surface area (Å²) in [6.45, 7) is 17.6. The fourth-order valence-corrected chi connectivity index (χ4v) is 4.76. The Bertz CT molecular complexity index is 937. The standard InChI is InChI=1S/C29H36/c1-7-9-12-23-13-10-11-14-26(23)21(3)15-16-28-25(8-2)22(4)19-24-20-29(5,6)18-17-27(24)28/h7,10-11,13-14,17-19H,1,3,8-9,12,15-16,20H2,2,4-6H3. The zero-order valence-corrected chi connectivity index (χ0v) is 18.8. The Morgan fingerprint density at radius 2 is 1.90 bits per heavy atom. The van der Waals surface area contributed by atoms with Gasteiger partial charge in [-0.15, -0.1) is 6.58 Å². The van der Waals surface area contributed by atoms with Crippen LogP contribution in [-0.4, -0.2) is 0 Å². The lowest BCUT2D eigenvalue weighted by Gasteiger charge is -2.29. The molecule has 0 unspecified atom stereocenters. The third-order valence-electron chi connectivity index (χ3n) is 6.30. The van der Waals surface area contributed by atoms with E-state index in [1.54, 1.807) is 5.56 Å². The van der Waals surface area contributed by atoms with Gasteiger partial charge >= 0.3 is 0 Å². The lowest BCUT2D eigenvalue weighted by molar-refractivity contribution is 0.474. The second-order valence-corrected chi connectivity index (χ2v) is 9.16. The van der Waals surface area contributed by atoms with Gasteiger partial charge in [-0.05, 0) is 95.4 Å². The summed E-state index contributed by atoms with van der Waals surface area (Å²) in [5, 5.41) is 0. The first kappa shape index (κ1) is 21.4. The van der Waals surface area contributed by atoms with Crippen molar-refractivity contribution in [1.29, 1.82) is 0 Å². The zero-order chi connectivity index (χ0) is 21.0. The summed E-state index contributed by atoms with van der Waals surface area (Å²) in [4.78, 5) is 0. The van der Waals surface area contributed by atoms with E-state index in [1.807, 2.05) is 6.08 Å². The molecule has 0 radical (unpaired) electrons. The molecule has 0 N–H and O–H groups in total. The van der Waals surface area contributed by atoms with E-state index in [1.165, 1.54) is 39.0 Å². The van der Waals surface area contributed by atoms with Crippen LogP contribution in [0.2, 0.25) is 0 Å². The van der Waals surface area contributed by atoms with Crippen molar-refractivity contribution in [2.24, 2.45) is 5.41 Å². The van der Waals surface area contributed by atoms with Gasteiger partial charge in [0, 0.05) is 0 Å². The van der Waals surface area contributed by atoms with Crippen LogP contribution < -0.4 is 0 Å². The maximum Gasteiger partial charge on any atom is -0.0131 e. The van der Waals surface area contributed by atoms with Crippen molar-refractivity contribution in [2.45, 2.75) is 66.2 Å². The summed E-state index contributed by atoms with van der Waals surface area (Å²) >= 11 is 0. The normalized spacial score (nSPS) is 14.5. The van der Waals surface area contributed by atoms with E-state index in [0.29, 0.717) is 0 Å². The van der Waals surface area contributed by atoms with E-state index in [9.17, 15) is 0 Å². The number of fused-ring (bicyclic) bond motifs is 1. The van der Waals surface area contributed by atoms with Gasteiger partial charge in [0.15, 0.2) is 0 Å². The number of allylic oxidation sites excluding steroid dienone is 3. The Morgan fingerprint density at radius 3 is 2.62 bits per heavy atom. The number of rotatable bonds is 8. The monoisotopic (exact) mass is 384 g/mol. The molecule has 0 spiro atoms. The molecule has 0 saturated carbocycles. The summed E-state index contributed by atoms with van der Waals surface area (Å²) < 4.78 is 0. The van der Waals surface area contributed by atoms with E-state index < -0.39 is 0 Å². The summed E-state index contributed by atoms with van der Waals surface area (Å²) in [5.41, 5.74) is 11.7. The molecule has 1 aliphatic carbocycles. The minimum atomic E-state index is 0.248. The van der Waals surface area contributed by atoms with Crippen molar-refractivity contribution in [3.63, 3.8) is 0 Å². The van der Waals surface area contributed by atoms with Crippen molar-refractivity contribution in [2.75, 3.05) is 0 Å². The summed E-state index contributed by atoms with van der Waals surface area (Å²) in [6.07, 6.45) is 13.1. The van der Waals surface area contributed by atoms with Gasteiger partial charge in [-0.3, -0.25) is 0 Å². The fourth-order valence-electron chi connectivity index (χ4n) is 4.76. The molecule has 1 aliphatic rings. The summed E-state index contributed by atoms with van der Waals surface area (Å²) in [6, 6.07) is 11.2. The Morgan fingerprint density at radius 1 is 1.14 bits per heavy atom. The van der Waals surface area contributed by atoms with Gasteiger partial charge in [-0.25, -0.2) is 0 Å². The largest absolute Gasteiger partial charge is 0.103 e. The molecule has 2 aromatic rings. The lowest BCUT2D eigenvalue weighted by atomic mass is 9.75. The van der Waals surface area contributed by atoms with Crippen LogP contribution in [0.15, 0.2) is 55.6 Å². The second kappa shape index (κ2) is 8.99. The molecule has 0 aromatic heterocycles. The van der Waals surface area contributed by atoms with Crippen molar-refractivity contribution in [1.82, 2.24) is 0 Å². The molecule has 0 saturated heterocycles. The molecule has 0 bridgehead atoms. The van der Waals surface area contributed by atoms with Gasteiger partial charge < -0.3 is 0 Å². The first-order chi connectivity index (χ1) is 13.9. The SMILES string of the molecule is C=CCCc1ccccc1C(=C)CCc1c2c(cc(C)c1CC)CC(C)(C)C=C2. The predicted molar refractivity (Wildman–Crippen MR) is 129 cm³/mol. The van der Waals surface area contributed by atoms with Crippen LogP contribution in [0.5, 0.6) is 0 Å². The van der Waals surface area contributed by atoms with Gasteiger partial charge in [-0.2, -0.15) is 0 Å². The van der Waals surface area contributed by atoms with Gasteiger partial charge in [0.2, 0.25) is 0 Å². The highest BCUT2D eigenvalue weighted by Gasteiger charge is 2.24. The number of benzene rings is 2. The number of hydrogen-bond acceptors (Lipinski definition) is 0. The molecule has 152 valence electrons. The van der Waals surface area contributed by atoms with Gasteiger partial charge in [-0.1, -0.05) is 75.9 Å². The minimum absolute atomic E-state index is 0.248. The van der Waals surface area contributed by atoms with Gasteiger partial charge in [0.25, 0.3) is 0 Å². The highest BCUT2D eigenvalue weighted by atomic mass is 14.3. The van der Waals surface area contributed by atoms with Crippen LogP contribution in [0.25, 0.3) is 11.6 Å². The van der Waals surface area contributed by atoms with Crippen LogP contribution in [0, 0.1) is 12.3 Å². The molecule has 0 aliphatic heterocycles. The van der Waals surface area contributed by atoms with Crippen molar-refractivity contribution < 1.29 is 0 Å². The average Bonchev–Trinajstić information content (AvgIpc) is 2.69. The van der Waals surface area contributed by atoms with Crippen LogP contribution in [-0.2, 0) is 25.7 Å². The molecule has 0 nitrogen and oxygen atoms in total. The van der Waals surface area contributed by atoms with Crippen LogP contribution in [0.3, 0.4) is 0 Å². The molecule has 0 amide bonds. The molecule has 0 fully saturated rings. The van der Waals surface area contributed by atoms with Crippen LogP contribution in [0.4, 0.5) is 0 Å². The smallest absolute Gasteiger partial charge is 0.0131 e. The average molecular weight is 385 g/mol. The molecule has 0 heteroatoms. The third-order valence-corrected chi connectivity index (χ3v) is 6.30. The van der Waals surface area contributed by atoms with Crippen molar-refractivity contribution >= 4 is 11.6 Å². The van der Waals surface area contributed by atoms with Gasteiger partial charge in [0.1, 0.15) is 0 Å².